The molecular weight excluding hydrogens is 434 g/mol. The van der Waals surface area contributed by atoms with E-state index in [1.54, 1.807) is 4.90 Å². The Balaban J connectivity index is 1.82. The Hall–Kier alpha value is -2.90. The fraction of sp³-hybridized carbons (Fsp3) is 0.481. The number of hydrogen-bond acceptors (Lipinski definition) is 6. The van der Waals surface area contributed by atoms with Crippen LogP contribution in [0.4, 0.5) is 0 Å². The predicted octanol–water partition coefficient (Wildman–Crippen LogP) is 4.43. The molecule has 0 bridgehead atoms. The summed E-state index contributed by atoms with van der Waals surface area (Å²) < 4.78 is 11.5. The largest absolute Gasteiger partial charge is 0.489 e. The second-order valence-corrected chi connectivity index (χ2v) is 9.69. The third kappa shape index (κ3) is 6.36. The van der Waals surface area contributed by atoms with Crippen LogP contribution in [0.5, 0.6) is 5.75 Å². The SMILES string of the molecule is COOC[C@@H](C)N1CCC(CC(=O)OC(C)(C)C)(c2ccc(OCc3ccccc3)cc2)C1=O. The Labute approximate surface area is 201 Å². The first-order chi connectivity index (χ1) is 16.1. The molecule has 1 aliphatic heterocycles. The molecule has 1 unspecified atom stereocenters. The normalized spacial score (nSPS) is 19.2. The van der Waals surface area contributed by atoms with Crippen molar-refractivity contribution in [3.05, 3.63) is 65.7 Å². The van der Waals surface area contributed by atoms with Gasteiger partial charge in [0.25, 0.3) is 0 Å². The Morgan fingerprint density at radius 1 is 1.09 bits per heavy atom. The number of carbonyl (C=O) groups excluding carboxylic acids is 2. The van der Waals surface area contributed by atoms with Crippen molar-refractivity contribution in [1.82, 2.24) is 4.90 Å². The molecule has 0 N–H and O–H groups in total. The smallest absolute Gasteiger partial charge is 0.307 e. The number of benzene rings is 2. The van der Waals surface area contributed by atoms with Crippen LogP contribution < -0.4 is 4.74 Å². The number of carbonyl (C=O) groups is 2. The summed E-state index contributed by atoms with van der Waals surface area (Å²) in [5, 5.41) is 0. The van der Waals surface area contributed by atoms with Crippen LogP contribution in [0.1, 0.15) is 51.7 Å². The molecule has 34 heavy (non-hydrogen) atoms. The first kappa shape index (κ1) is 25.7. The molecule has 7 heteroatoms. The van der Waals surface area contributed by atoms with Gasteiger partial charge < -0.3 is 14.4 Å². The van der Waals surface area contributed by atoms with Gasteiger partial charge in [0.15, 0.2) is 0 Å². The summed E-state index contributed by atoms with van der Waals surface area (Å²) in [5.74, 6) is 0.195. The van der Waals surface area contributed by atoms with Crippen LogP contribution >= 0.6 is 0 Å². The lowest BCUT2D eigenvalue weighted by atomic mass is 9.76. The van der Waals surface area contributed by atoms with Gasteiger partial charge in [-0.3, -0.25) is 9.59 Å². The lowest BCUT2D eigenvalue weighted by Crippen LogP contribution is -2.45. The summed E-state index contributed by atoms with van der Waals surface area (Å²) in [7, 11) is 1.44. The van der Waals surface area contributed by atoms with Crippen LogP contribution in [0.25, 0.3) is 0 Å². The number of ether oxygens (including phenoxy) is 2. The monoisotopic (exact) mass is 469 g/mol. The van der Waals surface area contributed by atoms with Gasteiger partial charge in [-0.05, 0) is 57.4 Å². The highest BCUT2D eigenvalue weighted by atomic mass is 17.2. The Kier molecular flexibility index (Phi) is 8.33. The fourth-order valence-corrected chi connectivity index (χ4v) is 4.24. The van der Waals surface area contributed by atoms with E-state index in [9.17, 15) is 9.59 Å². The van der Waals surface area contributed by atoms with Crippen molar-refractivity contribution >= 4 is 11.9 Å². The summed E-state index contributed by atoms with van der Waals surface area (Å²) in [4.78, 5) is 38.1. The Bertz CT molecular complexity index is 953. The molecule has 184 valence electrons. The highest BCUT2D eigenvalue weighted by Crippen LogP contribution is 2.41. The lowest BCUT2D eigenvalue weighted by molar-refractivity contribution is -0.278. The molecule has 2 atom stereocenters. The Morgan fingerprint density at radius 2 is 1.76 bits per heavy atom. The maximum atomic E-state index is 13.7. The molecule has 1 saturated heterocycles. The topological polar surface area (TPSA) is 74.3 Å². The number of amides is 1. The van der Waals surface area contributed by atoms with Crippen molar-refractivity contribution in [3.63, 3.8) is 0 Å². The molecule has 0 spiro atoms. The molecule has 2 aromatic carbocycles. The highest BCUT2D eigenvalue weighted by Gasteiger charge is 2.51. The average Bonchev–Trinajstić information content (AvgIpc) is 3.12. The fourth-order valence-electron chi connectivity index (χ4n) is 4.24. The maximum absolute atomic E-state index is 13.7. The Morgan fingerprint density at radius 3 is 2.38 bits per heavy atom. The minimum atomic E-state index is -0.998. The van der Waals surface area contributed by atoms with E-state index >= 15 is 0 Å². The van der Waals surface area contributed by atoms with Crippen molar-refractivity contribution in [1.29, 1.82) is 0 Å². The molecule has 3 rings (SSSR count). The lowest BCUT2D eigenvalue weighted by Gasteiger charge is -2.31. The third-order valence-corrected chi connectivity index (χ3v) is 5.93. The van der Waals surface area contributed by atoms with Crippen molar-refractivity contribution in [3.8, 4) is 5.75 Å². The number of nitrogens with zero attached hydrogens (tertiary/aromatic N) is 1. The molecular formula is C27H35NO6. The molecule has 2 aromatic rings. The molecule has 0 saturated carbocycles. The van der Waals surface area contributed by atoms with E-state index in [1.807, 2.05) is 82.3 Å². The molecule has 1 aliphatic rings. The van der Waals surface area contributed by atoms with Crippen LogP contribution in [0.2, 0.25) is 0 Å². The molecule has 0 aliphatic carbocycles. The zero-order chi connectivity index (χ0) is 24.8. The van der Waals surface area contributed by atoms with Gasteiger partial charge in [0.1, 0.15) is 24.6 Å². The highest BCUT2D eigenvalue weighted by molar-refractivity contribution is 5.94. The number of esters is 1. The van der Waals surface area contributed by atoms with Gasteiger partial charge in [0.2, 0.25) is 5.91 Å². The van der Waals surface area contributed by atoms with Gasteiger partial charge in [-0.15, -0.1) is 0 Å². The summed E-state index contributed by atoms with van der Waals surface area (Å²) in [6.45, 7) is 8.59. The zero-order valence-corrected chi connectivity index (χ0v) is 20.7. The van der Waals surface area contributed by atoms with Crippen molar-refractivity contribution < 1.29 is 28.8 Å². The van der Waals surface area contributed by atoms with Crippen LogP contribution in [0, 0.1) is 0 Å². The number of rotatable bonds is 10. The molecule has 0 aromatic heterocycles. The van der Waals surface area contributed by atoms with E-state index in [0.717, 1.165) is 11.1 Å². The molecule has 0 radical (unpaired) electrons. The summed E-state index contributed by atoms with van der Waals surface area (Å²) >= 11 is 0. The molecule has 7 nitrogen and oxygen atoms in total. The summed E-state index contributed by atoms with van der Waals surface area (Å²) in [6.07, 6.45) is 0.480. The predicted molar refractivity (Wildman–Crippen MR) is 128 cm³/mol. The minimum absolute atomic E-state index is 0.0261. The van der Waals surface area contributed by atoms with E-state index in [4.69, 9.17) is 19.2 Å². The van der Waals surface area contributed by atoms with Gasteiger partial charge >= 0.3 is 5.97 Å². The van der Waals surface area contributed by atoms with Gasteiger partial charge in [-0.2, -0.15) is 0 Å². The standard InChI is InChI=1S/C27H35NO6/c1-20(18-33-31-5)28-16-15-27(25(28)30,17-24(29)34-26(2,3)4)22-11-13-23(14-12-22)32-19-21-9-7-6-8-10-21/h6-14,20H,15-19H2,1-5H3/t20-,27?/m1/s1. The van der Waals surface area contributed by atoms with E-state index in [2.05, 4.69) is 0 Å². The number of likely N-dealkylation sites (tertiary alicyclic amines) is 1. The van der Waals surface area contributed by atoms with E-state index in [0.29, 0.717) is 25.3 Å². The summed E-state index contributed by atoms with van der Waals surface area (Å²) in [6, 6.07) is 17.2. The van der Waals surface area contributed by atoms with Gasteiger partial charge in [-0.1, -0.05) is 42.5 Å². The van der Waals surface area contributed by atoms with Crippen LogP contribution in [-0.4, -0.2) is 48.7 Å². The van der Waals surface area contributed by atoms with Crippen molar-refractivity contribution in [2.75, 3.05) is 20.3 Å². The van der Waals surface area contributed by atoms with Gasteiger partial charge in [0, 0.05) is 6.54 Å². The van der Waals surface area contributed by atoms with E-state index in [-0.39, 0.29) is 25.0 Å². The van der Waals surface area contributed by atoms with Crippen molar-refractivity contribution in [2.45, 2.75) is 64.2 Å². The first-order valence-electron chi connectivity index (χ1n) is 11.6. The first-order valence-corrected chi connectivity index (χ1v) is 11.6. The quantitative estimate of drug-likeness (QED) is 0.291. The van der Waals surface area contributed by atoms with Crippen LogP contribution in [0.15, 0.2) is 54.6 Å². The van der Waals surface area contributed by atoms with Gasteiger partial charge in [-0.25, -0.2) is 9.78 Å². The minimum Gasteiger partial charge on any atom is -0.489 e. The van der Waals surface area contributed by atoms with Gasteiger partial charge in [0.05, 0.1) is 25.0 Å². The zero-order valence-electron chi connectivity index (χ0n) is 20.7. The van der Waals surface area contributed by atoms with Crippen molar-refractivity contribution in [2.24, 2.45) is 0 Å². The molecule has 1 fully saturated rings. The number of hydrogen-bond donors (Lipinski definition) is 0. The second kappa shape index (κ2) is 11.0. The van der Waals surface area contributed by atoms with E-state index < -0.39 is 17.0 Å². The van der Waals surface area contributed by atoms with Crippen LogP contribution in [0.3, 0.4) is 0 Å². The molecule has 1 amide bonds. The second-order valence-electron chi connectivity index (χ2n) is 9.69. The maximum Gasteiger partial charge on any atom is 0.307 e. The third-order valence-electron chi connectivity index (χ3n) is 5.93. The van der Waals surface area contributed by atoms with E-state index in [1.165, 1.54) is 7.11 Å². The summed E-state index contributed by atoms with van der Waals surface area (Å²) in [5.41, 5.74) is 0.218. The molecule has 1 heterocycles. The average molecular weight is 470 g/mol. The van der Waals surface area contributed by atoms with Crippen LogP contribution in [-0.2, 0) is 36.1 Å².